The van der Waals surface area contributed by atoms with Crippen LogP contribution in [0.2, 0.25) is 0 Å². The lowest BCUT2D eigenvalue weighted by molar-refractivity contribution is -0.133. The number of nitrogens with one attached hydrogen (secondary N) is 1. The van der Waals surface area contributed by atoms with Crippen LogP contribution in [0, 0.1) is 11.8 Å². The molecule has 4 heteroatoms. The lowest BCUT2D eigenvalue weighted by Crippen LogP contribution is -2.44. The van der Waals surface area contributed by atoms with Crippen molar-refractivity contribution in [2.45, 2.75) is 71.7 Å². The summed E-state index contributed by atoms with van der Waals surface area (Å²) in [4.78, 5) is 14.7. The summed E-state index contributed by atoms with van der Waals surface area (Å²) >= 11 is 0. The molecule has 0 aliphatic carbocycles. The Balaban J connectivity index is 2.02. The number of hydrogen-bond acceptors (Lipinski definition) is 3. The molecule has 2 aliphatic heterocycles. The summed E-state index contributed by atoms with van der Waals surface area (Å²) in [5, 5.41) is 3.53. The van der Waals surface area contributed by atoms with Gasteiger partial charge in [0.2, 0.25) is 5.91 Å². The quantitative estimate of drug-likeness (QED) is 0.842. The van der Waals surface area contributed by atoms with Crippen molar-refractivity contribution in [3.8, 4) is 0 Å². The highest BCUT2D eigenvalue weighted by Crippen LogP contribution is 2.24. The molecule has 3 atom stereocenters. The third-order valence-electron chi connectivity index (χ3n) is 4.33. The van der Waals surface area contributed by atoms with Crippen LogP contribution in [0.15, 0.2) is 0 Å². The van der Waals surface area contributed by atoms with Crippen LogP contribution in [0.25, 0.3) is 0 Å². The molecule has 0 radical (unpaired) electrons. The predicted molar refractivity (Wildman–Crippen MR) is 80.3 cm³/mol. The predicted octanol–water partition coefficient (Wildman–Crippen LogP) is 2.38. The van der Waals surface area contributed by atoms with Crippen LogP contribution in [-0.4, -0.2) is 42.3 Å². The van der Waals surface area contributed by atoms with E-state index >= 15 is 0 Å². The van der Waals surface area contributed by atoms with Crippen molar-refractivity contribution in [1.82, 2.24) is 10.2 Å². The SMILES string of the molecule is CC(C)CC1NC(C(C)C)C(=O)N1CC1CCCCO1. The Labute approximate surface area is 123 Å². The van der Waals surface area contributed by atoms with E-state index in [-0.39, 0.29) is 24.2 Å². The zero-order chi connectivity index (χ0) is 14.7. The number of rotatable bonds is 5. The van der Waals surface area contributed by atoms with Gasteiger partial charge in [-0.3, -0.25) is 10.1 Å². The molecule has 3 unspecified atom stereocenters. The molecule has 4 nitrogen and oxygen atoms in total. The summed E-state index contributed by atoms with van der Waals surface area (Å²) in [6.45, 7) is 10.3. The number of amides is 1. The molecule has 116 valence electrons. The first-order valence-corrected chi connectivity index (χ1v) is 8.17. The highest BCUT2D eigenvalue weighted by atomic mass is 16.5. The second kappa shape index (κ2) is 6.90. The second-order valence-corrected chi connectivity index (χ2v) is 7.01. The third-order valence-corrected chi connectivity index (χ3v) is 4.33. The lowest BCUT2D eigenvalue weighted by Gasteiger charge is -2.31. The van der Waals surface area contributed by atoms with E-state index < -0.39 is 0 Å². The molecule has 0 bridgehead atoms. The Morgan fingerprint density at radius 3 is 2.60 bits per heavy atom. The minimum atomic E-state index is -0.0256. The Morgan fingerprint density at radius 1 is 1.30 bits per heavy atom. The fraction of sp³-hybridized carbons (Fsp3) is 0.938. The molecule has 2 saturated heterocycles. The van der Waals surface area contributed by atoms with Gasteiger partial charge in [0.25, 0.3) is 0 Å². The number of carbonyl (C=O) groups excluding carboxylic acids is 1. The molecule has 0 aromatic rings. The topological polar surface area (TPSA) is 41.6 Å². The summed E-state index contributed by atoms with van der Waals surface area (Å²) in [6, 6.07) is -0.0256. The van der Waals surface area contributed by atoms with Crippen LogP contribution in [0.1, 0.15) is 53.4 Å². The minimum Gasteiger partial charge on any atom is -0.376 e. The molecule has 0 aromatic heterocycles. The van der Waals surface area contributed by atoms with E-state index in [1.165, 1.54) is 6.42 Å². The maximum absolute atomic E-state index is 12.6. The zero-order valence-corrected chi connectivity index (χ0v) is 13.4. The first-order valence-electron chi connectivity index (χ1n) is 8.17. The number of nitrogens with zero attached hydrogens (tertiary/aromatic N) is 1. The van der Waals surface area contributed by atoms with Crippen molar-refractivity contribution in [2.75, 3.05) is 13.2 Å². The van der Waals surface area contributed by atoms with Gasteiger partial charge in [0, 0.05) is 13.2 Å². The average molecular weight is 282 g/mol. The Hall–Kier alpha value is -0.610. The third kappa shape index (κ3) is 3.73. The normalized spacial score (nSPS) is 31.6. The summed E-state index contributed by atoms with van der Waals surface area (Å²) in [6.07, 6.45) is 4.90. The van der Waals surface area contributed by atoms with Crippen LogP contribution in [0.3, 0.4) is 0 Å². The highest BCUT2D eigenvalue weighted by molar-refractivity contribution is 5.84. The summed E-state index contributed by atoms with van der Waals surface area (Å²) in [7, 11) is 0. The Kier molecular flexibility index (Phi) is 5.44. The molecule has 2 fully saturated rings. The fourth-order valence-electron chi connectivity index (χ4n) is 3.21. The van der Waals surface area contributed by atoms with Crippen LogP contribution >= 0.6 is 0 Å². The highest BCUT2D eigenvalue weighted by Gasteiger charge is 2.41. The van der Waals surface area contributed by atoms with Gasteiger partial charge >= 0.3 is 0 Å². The van der Waals surface area contributed by atoms with E-state index in [2.05, 4.69) is 33.0 Å². The zero-order valence-electron chi connectivity index (χ0n) is 13.4. The van der Waals surface area contributed by atoms with Crippen LogP contribution < -0.4 is 5.32 Å². The van der Waals surface area contributed by atoms with E-state index in [1.807, 2.05) is 4.90 Å². The van der Waals surface area contributed by atoms with Crippen LogP contribution in [0.5, 0.6) is 0 Å². The van der Waals surface area contributed by atoms with Gasteiger partial charge in [0.1, 0.15) is 0 Å². The Morgan fingerprint density at radius 2 is 2.05 bits per heavy atom. The average Bonchev–Trinajstić information content (AvgIpc) is 2.68. The van der Waals surface area contributed by atoms with Crippen molar-refractivity contribution in [2.24, 2.45) is 11.8 Å². The molecule has 0 spiro atoms. The molecule has 0 saturated carbocycles. The monoisotopic (exact) mass is 282 g/mol. The Bertz CT molecular complexity index is 324. The molecule has 1 amide bonds. The first kappa shape index (κ1) is 15.8. The van der Waals surface area contributed by atoms with Crippen molar-refractivity contribution in [1.29, 1.82) is 0 Å². The standard InChI is InChI=1S/C16H30N2O2/c1-11(2)9-14-17-15(12(3)4)16(19)18(14)10-13-7-5-6-8-20-13/h11-15,17H,5-10H2,1-4H3. The number of ether oxygens (including phenoxy) is 1. The van der Waals surface area contributed by atoms with Gasteiger partial charge < -0.3 is 9.64 Å². The van der Waals surface area contributed by atoms with Crippen molar-refractivity contribution < 1.29 is 9.53 Å². The van der Waals surface area contributed by atoms with Gasteiger partial charge in [-0.1, -0.05) is 27.7 Å². The van der Waals surface area contributed by atoms with E-state index in [9.17, 15) is 4.79 Å². The summed E-state index contributed by atoms with van der Waals surface area (Å²) < 4.78 is 5.82. The smallest absolute Gasteiger partial charge is 0.241 e. The molecular formula is C16H30N2O2. The van der Waals surface area contributed by atoms with E-state index in [0.29, 0.717) is 11.8 Å². The van der Waals surface area contributed by atoms with Gasteiger partial charge in [-0.25, -0.2) is 0 Å². The van der Waals surface area contributed by atoms with E-state index in [4.69, 9.17) is 4.74 Å². The van der Waals surface area contributed by atoms with Crippen LogP contribution in [-0.2, 0) is 9.53 Å². The minimum absolute atomic E-state index is 0.0256. The van der Waals surface area contributed by atoms with Gasteiger partial charge in [0.15, 0.2) is 0 Å². The first-order chi connectivity index (χ1) is 9.49. The fourth-order valence-corrected chi connectivity index (χ4v) is 3.21. The lowest BCUT2D eigenvalue weighted by atomic mass is 10.0. The summed E-state index contributed by atoms with van der Waals surface area (Å²) in [5.41, 5.74) is 0. The van der Waals surface area contributed by atoms with Gasteiger partial charge in [-0.05, 0) is 37.5 Å². The van der Waals surface area contributed by atoms with Crippen molar-refractivity contribution in [3.63, 3.8) is 0 Å². The van der Waals surface area contributed by atoms with Crippen molar-refractivity contribution in [3.05, 3.63) is 0 Å². The van der Waals surface area contributed by atoms with E-state index in [0.717, 1.165) is 32.4 Å². The van der Waals surface area contributed by atoms with Gasteiger partial charge in [-0.2, -0.15) is 0 Å². The van der Waals surface area contributed by atoms with Crippen LogP contribution in [0.4, 0.5) is 0 Å². The molecule has 20 heavy (non-hydrogen) atoms. The van der Waals surface area contributed by atoms with E-state index in [1.54, 1.807) is 0 Å². The molecule has 0 aromatic carbocycles. The second-order valence-electron chi connectivity index (χ2n) is 7.01. The molecule has 2 heterocycles. The van der Waals surface area contributed by atoms with Gasteiger partial charge in [-0.15, -0.1) is 0 Å². The maximum atomic E-state index is 12.6. The van der Waals surface area contributed by atoms with Gasteiger partial charge in [0.05, 0.1) is 18.3 Å². The summed E-state index contributed by atoms with van der Waals surface area (Å²) in [5.74, 6) is 1.19. The molecule has 1 N–H and O–H groups in total. The maximum Gasteiger partial charge on any atom is 0.241 e. The number of hydrogen-bond donors (Lipinski definition) is 1. The molecule has 2 rings (SSSR count). The van der Waals surface area contributed by atoms with Crippen molar-refractivity contribution >= 4 is 5.91 Å². The molecular weight excluding hydrogens is 252 g/mol. The number of carbonyl (C=O) groups is 1. The largest absolute Gasteiger partial charge is 0.376 e. The molecule has 2 aliphatic rings.